The van der Waals surface area contributed by atoms with Gasteiger partial charge < -0.3 is 15.0 Å². The van der Waals surface area contributed by atoms with E-state index in [1.165, 1.54) is 48.8 Å². The summed E-state index contributed by atoms with van der Waals surface area (Å²) in [5, 5.41) is 0. The Hall–Kier alpha value is -9.41. The van der Waals surface area contributed by atoms with Crippen molar-refractivity contribution < 1.29 is 50.8 Å². The fourth-order valence-electron chi connectivity index (χ4n) is 9.86. The van der Waals surface area contributed by atoms with E-state index in [4.69, 9.17) is 4.98 Å². The molecule has 80 heavy (non-hydrogen) atoms. The molecule has 0 saturated carbocycles. The molecule has 0 atom stereocenters. The van der Waals surface area contributed by atoms with Gasteiger partial charge in [0.25, 0.3) is 0 Å². The van der Waals surface area contributed by atoms with Gasteiger partial charge >= 0.3 is 20.1 Å². The largest absolute Gasteiger partial charge is 3.00 e. The summed E-state index contributed by atoms with van der Waals surface area (Å²) < 4.78 is 105. The number of pyridine rings is 3. The molecule has 386 valence electrons. The normalized spacial score (nSPS) is 11.1. The molecule has 12 aromatic rings. The number of rotatable bonds is 11. The van der Waals surface area contributed by atoms with E-state index >= 15 is 13.2 Å². The SMILES string of the molecule is Fc1c[c-]c(-c2ccc(-c3ccc(F)cc3-c3cc(-c4cc(F)ccc4-c4ccc(-c5[c-]cc(F)cc5F)nc4)cc(-c4cc(F)ccc4-c4cnc(-c5[c-]cccc5)cc4-c4ccc(-c5ccccc5)cc4)c3)cn2)c(F)c1.[Ir+3]. The van der Waals surface area contributed by atoms with Crippen LogP contribution in [0.1, 0.15) is 0 Å². The number of benzene rings is 9. The van der Waals surface area contributed by atoms with Gasteiger partial charge in [0.1, 0.15) is 17.5 Å². The molecule has 3 heterocycles. The second-order valence-corrected chi connectivity index (χ2v) is 18.6. The fourth-order valence-corrected chi connectivity index (χ4v) is 9.86. The van der Waals surface area contributed by atoms with Crippen LogP contribution in [0.15, 0.2) is 225 Å². The molecule has 0 spiro atoms. The Morgan fingerprint density at radius 1 is 0.275 bits per heavy atom. The molecule has 0 unspecified atom stereocenters. The van der Waals surface area contributed by atoms with Crippen LogP contribution in [-0.4, -0.2) is 15.0 Å². The van der Waals surface area contributed by atoms with Gasteiger partial charge in [-0.05, 0) is 155 Å². The number of nitrogens with zero attached hydrogens (tertiary/aromatic N) is 3. The molecule has 0 N–H and O–H groups in total. The standard InChI is InChI=1S/C69H37F7N3.Ir/c70-50-17-22-55(45-15-27-67(77-38-45)58-25-20-53(73)35-65(58)75)60(32-50)47-29-48(61-33-51(71)18-23-56(61)46-16-28-68(78-39-46)59-26-21-54(74)36-66(59)76)31-49(30-47)62-34-52(72)19-24-57(62)64-40-79-69(44-9-5-2-6-10-44)37-63(64)43-13-11-42(12-14-43)41-7-3-1-4-8-41;/h1-9,11-24,27-40H;/q-3;+3. The Morgan fingerprint density at radius 2 is 0.713 bits per heavy atom. The maximum absolute atomic E-state index is 16.2. The zero-order valence-electron chi connectivity index (χ0n) is 41.7. The van der Waals surface area contributed by atoms with E-state index in [2.05, 4.69) is 28.2 Å². The Balaban J connectivity index is 0.00000675. The summed E-state index contributed by atoms with van der Waals surface area (Å²) in [7, 11) is 0. The number of hydrogen-bond acceptors (Lipinski definition) is 3. The summed E-state index contributed by atoms with van der Waals surface area (Å²) in [6.07, 6.45) is 4.74. The number of hydrogen-bond donors (Lipinski definition) is 0. The first-order chi connectivity index (χ1) is 38.5. The third-order valence-electron chi connectivity index (χ3n) is 13.7. The summed E-state index contributed by atoms with van der Waals surface area (Å²) in [6, 6.07) is 64.5. The molecular weight excluding hydrogens is 1200 g/mol. The molecule has 0 radical (unpaired) electrons. The Bertz CT molecular complexity index is 4090. The third-order valence-corrected chi connectivity index (χ3v) is 13.7. The maximum Gasteiger partial charge on any atom is 3.00 e. The van der Waals surface area contributed by atoms with Crippen molar-refractivity contribution in [2.75, 3.05) is 0 Å². The summed E-state index contributed by atoms with van der Waals surface area (Å²) in [5.74, 6) is -4.98. The van der Waals surface area contributed by atoms with E-state index in [1.54, 1.807) is 54.7 Å². The molecule has 0 fully saturated rings. The zero-order chi connectivity index (χ0) is 54.1. The van der Waals surface area contributed by atoms with E-state index in [-0.39, 0.29) is 42.6 Å². The minimum absolute atomic E-state index is 0. The molecule has 12 rings (SSSR count). The van der Waals surface area contributed by atoms with Gasteiger partial charge in [-0.2, -0.15) is 0 Å². The minimum Gasteiger partial charge on any atom is -0.304 e. The molecule has 9 aromatic carbocycles. The first-order valence-corrected chi connectivity index (χ1v) is 24.8. The molecule has 0 bridgehead atoms. The molecule has 3 aromatic heterocycles. The molecular formula is C69H37F7IrN3. The number of aromatic nitrogens is 3. The summed E-state index contributed by atoms with van der Waals surface area (Å²) in [4.78, 5) is 13.9. The van der Waals surface area contributed by atoms with Crippen molar-refractivity contribution in [3.63, 3.8) is 0 Å². The molecule has 11 heteroatoms. The molecule has 0 aliphatic carbocycles. The Kier molecular flexibility index (Phi) is 14.8. The maximum atomic E-state index is 16.2. The summed E-state index contributed by atoms with van der Waals surface area (Å²) >= 11 is 0. The summed E-state index contributed by atoms with van der Waals surface area (Å²) in [5.41, 5.74) is 11.2. The second-order valence-electron chi connectivity index (χ2n) is 18.6. The monoisotopic (exact) mass is 1230 g/mol. The van der Waals surface area contributed by atoms with Gasteiger partial charge in [0.15, 0.2) is 0 Å². The minimum atomic E-state index is -0.845. The van der Waals surface area contributed by atoms with Crippen LogP contribution in [0.3, 0.4) is 0 Å². The molecule has 0 saturated heterocycles. The molecule has 0 aliphatic heterocycles. The van der Waals surface area contributed by atoms with Crippen molar-refractivity contribution in [2.24, 2.45) is 0 Å². The van der Waals surface area contributed by atoms with Crippen LogP contribution in [0, 0.1) is 58.9 Å². The van der Waals surface area contributed by atoms with E-state index in [1.807, 2.05) is 97.1 Å². The smallest absolute Gasteiger partial charge is 0.304 e. The van der Waals surface area contributed by atoms with Crippen molar-refractivity contribution in [1.29, 1.82) is 0 Å². The van der Waals surface area contributed by atoms with Crippen LogP contribution in [0.4, 0.5) is 30.7 Å². The van der Waals surface area contributed by atoms with Crippen LogP contribution >= 0.6 is 0 Å². The van der Waals surface area contributed by atoms with Gasteiger partial charge in [-0.3, -0.25) is 17.6 Å². The van der Waals surface area contributed by atoms with E-state index < -0.39 is 40.7 Å². The van der Waals surface area contributed by atoms with Gasteiger partial charge in [0, 0.05) is 47.4 Å². The van der Waals surface area contributed by atoms with Gasteiger partial charge in [0.2, 0.25) is 0 Å². The van der Waals surface area contributed by atoms with Crippen molar-refractivity contribution >= 4 is 0 Å². The second kappa shape index (κ2) is 22.5. The van der Waals surface area contributed by atoms with Crippen LogP contribution in [0.25, 0.3) is 123 Å². The predicted molar refractivity (Wildman–Crippen MR) is 296 cm³/mol. The van der Waals surface area contributed by atoms with Gasteiger partial charge in [-0.25, -0.2) is 13.2 Å². The molecule has 0 aliphatic rings. The fraction of sp³-hybridized carbons (Fsp3) is 0. The predicted octanol–water partition coefficient (Wildman–Crippen LogP) is 18.6. The van der Waals surface area contributed by atoms with Crippen molar-refractivity contribution in [2.45, 2.75) is 0 Å². The first-order valence-electron chi connectivity index (χ1n) is 24.8. The van der Waals surface area contributed by atoms with Gasteiger partial charge in [0.05, 0.1) is 0 Å². The van der Waals surface area contributed by atoms with Crippen molar-refractivity contribution in [3.8, 4) is 123 Å². The average Bonchev–Trinajstić information content (AvgIpc) is 3.51. The van der Waals surface area contributed by atoms with Crippen molar-refractivity contribution in [1.82, 2.24) is 15.0 Å². The van der Waals surface area contributed by atoms with E-state index in [0.29, 0.717) is 72.5 Å². The average molecular weight is 1230 g/mol. The third kappa shape index (κ3) is 10.8. The van der Waals surface area contributed by atoms with E-state index in [9.17, 15) is 17.6 Å². The Labute approximate surface area is 469 Å². The quantitative estimate of drug-likeness (QED) is 0.0957. The number of halogens is 7. The van der Waals surface area contributed by atoms with Gasteiger partial charge in [-0.1, -0.05) is 126 Å². The first kappa shape index (κ1) is 52.6. The molecule has 0 amide bonds. The zero-order valence-corrected chi connectivity index (χ0v) is 44.1. The van der Waals surface area contributed by atoms with Crippen molar-refractivity contribution in [3.05, 3.63) is 284 Å². The van der Waals surface area contributed by atoms with Crippen LogP contribution in [-0.2, 0) is 20.1 Å². The summed E-state index contributed by atoms with van der Waals surface area (Å²) in [6.45, 7) is 0. The topological polar surface area (TPSA) is 38.7 Å². The Morgan fingerprint density at radius 3 is 1.19 bits per heavy atom. The van der Waals surface area contributed by atoms with Crippen LogP contribution in [0.5, 0.6) is 0 Å². The van der Waals surface area contributed by atoms with Gasteiger partial charge in [-0.15, -0.1) is 60.2 Å². The van der Waals surface area contributed by atoms with Crippen LogP contribution in [0.2, 0.25) is 0 Å². The van der Waals surface area contributed by atoms with E-state index in [0.717, 1.165) is 52.1 Å². The van der Waals surface area contributed by atoms with Crippen LogP contribution < -0.4 is 0 Å². The molecule has 3 nitrogen and oxygen atoms in total.